The van der Waals surface area contributed by atoms with Crippen LogP contribution in [0, 0.1) is 12.3 Å². The van der Waals surface area contributed by atoms with Gasteiger partial charge in [0.1, 0.15) is 0 Å². The molecule has 3 N–H and O–H groups in total. The lowest BCUT2D eigenvalue weighted by Gasteiger charge is -2.29. The number of nitrogens with zero attached hydrogens (tertiary/aromatic N) is 1. The van der Waals surface area contributed by atoms with E-state index >= 15 is 0 Å². The number of amides is 1. The van der Waals surface area contributed by atoms with Crippen molar-refractivity contribution in [3.05, 3.63) is 23.5 Å². The van der Waals surface area contributed by atoms with Gasteiger partial charge in [0.2, 0.25) is 5.91 Å². The molecule has 112 valence electrons. The van der Waals surface area contributed by atoms with Crippen LogP contribution in [-0.4, -0.2) is 17.0 Å². The Labute approximate surface area is 121 Å². The second-order valence-corrected chi connectivity index (χ2v) is 6.11. The van der Waals surface area contributed by atoms with Crippen molar-refractivity contribution in [2.75, 3.05) is 6.54 Å². The van der Waals surface area contributed by atoms with Gasteiger partial charge in [-0.1, -0.05) is 25.7 Å². The third kappa shape index (κ3) is 3.06. The molecule has 1 aromatic heterocycles. The average Bonchev–Trinajstić information content (AvgIpc) is 2.69. The summed E-state index contributed by atoms with van der Waals surface area (Å²) in [6.45, 7) is 3.12. The van der Waals surface area contributed by atoms with Crippen LogP contribution in [0.25, 0.3) is 0 Å². The highest BCUT2D eigenvalue weighted by Crippen LogP contribution is 2.34. The summed E-state index contributed by atoms with van der Waals surface area (Å²) in [6, 6.07) is 4.14. The smallest absolute Gasteiger partial charge is 0.227 e. The van der Waals surface area contributed by atoms with Gasteiger partial charge in [-0.2, -0.15) is 0 Å². The number of aryl methyl sites for hydroxylation is 1. The van der Waals surface area contributed by atoms with Crippen LogP contribution in [0.2, 0.25) is 0 Å². The van der Waals surface area contributed by atoms with Crippen LogP contribution in [-0.2, 0) is 18.4 Å². The molecule has 0 radical (unpaired) electrons. The topological polar surface area (TPSA) is 60.1 Å². The van der Waals surface area contributed by atoms with Crippen molar-refractivity contribution in [3.63, 3.8) is 0 Å². The molecule has 4 heteroatoms. The predicted octanol–water partition coefficient (Wildman–Crippen LogP) is 2.25. The summed E-state index contributed by atoms with van der Waals surface area (Å²) in [6.07, 6.45) is 6.56. The highest BCUT2D eigenvalue weighted by Gasteiger charge is 2.36. The van der Waals surface area contributed by atoms with Crippen LogP contribution in [0.15, 0.2) is 12.1 Å². The molecule has 0 unspecified atom stereocenters. The molecule has 0 spiro atoms. The molecule has 0 aromatic carbocycles. The van der Waals surface area contributed by atoms with E-state index in [9.17, 15) is 4.79 Å². The second-order valence-electron chi connectivity index (χ2n) is 6.11. The van der Waals surface area contributed by atoms with Crippen LogP contribution in [0.1, 0.15) is 49.9 Å². The number of aromatic nitrogens is 1. The number of carbonyl (C=O) groups excluding carboxylic acids is 1. The summed E-state index contributed by atoms with van der Waals surface area (Å²) >= 11 is 0. The van der Waals surface area contributed by atoms with Gasteiger partial charge in [-0.3, -0.25) is 4.79 Å². The molecule has 1 aliphatic rings. The van der Waals surface area contributed by atoms with E-state index < -0.39 is 0 Å². The first-order valence-corrected chi connectivity index (χ1v) is 7.69. The number of nitrogens with two attached hydrogens (primary N) is 1. The summed E-state index contributed by atoms with van der Waals surface area (Å²) in [4.78, 5) is 12.6. The molecule has 0 bridgehead atoms. The molecule has 4 nitrogen and oxygen atoms in total. The summed E-state index contributed by atoms with van der Waals surface area (Å²) < 4.78 is 2.11. The van der Waals surface area contributed by atoms with Crippen molar-refractivity contribution < 1.29 is 4.79 Å². The van der Waals surface area contributed by atoms with Gasteiger partial charge in [-0.25, -0.2) is 0 Å². The summed E-state index contributed by atoms with van der Waals surface area (Å²) in [5, 5.41) is 3.10. The zero-order chi connectivity index (χ0) is 14.6. The van der Waals surface area contributed by atoms with Gasteiger partial charge in [0.15, 0.2) is 0 Å². The van der Waals surface area contributed by atoms with Crippen LogP contribution in [0.3, 0.4) is 0 Å². The lowest BCUT2D eigenvalue weighted by Crippen LogP contribution is -2.45. The SMILES string of the molecule is Cc1ccc(CNC(=O)C2(CN)CCCCCC2)n1C. The molecular formula is C16H27N3O. The Morgan fingerprint density at radius 1 is 1.30 bits per heavy atom. The van der Waals surface area contributed by atoms with Gasteiger partial charge in [-0.15, -0.1) is 0 Å². The van der Waals surface area contributed by atoms with Gasteiger partial charge in [0.25, 0.3) is 0 Å². The van der Waals surface area contributed by atoms with E-state index in [2.05, 4.69) is 28.9 Å². The van der Waals surface area contributed by atoms with Crippen molar-refractivity contribution in [2.45, 2.75) is 52.0 Å². The number of hydrogen-bond acceptors (Lipinski definition) is 2. The van der Waals surface area contributed by atoms with Crippen molar-refractivity contribution in [1.29, 1.82) is 0 Å². The highest BCUT2D eigenvalue weighted by atomic mass is 16.2. The Morgan fingerprint density at radius 2 is 1.95 bits per heavy atom. The molecule has 1 saturated carbocycles. The molecule has 0 aliphatic heterocycles. The monoisotopic (exact) mass is 277 g/mol. The van der Waals surface area contributed by atoms with E-state index in [1.807, 2.05) is 7.05 Å². The number of carbonyl (C=O) groups is 1. The van der Waals surface area contributed by atoms with E-state index in [4.69, 9.17) is 5.73 Å². The predicted molar refractivity (Wildman–Crippen MR) is 81.2 cm³/mol. The first kappa shape index (κ1) is 15.1. The largest absolute Gasteiger partial charge is 0.350 e. The third-order valence-electron chi connectivity index (χ3n) is 4.84. The van der Waals surface area contributed by atoms with Crippen LogP contribution in [0.5, 0.6) is 0 Å². The van der Waals surface area contributed by atoms with E-state index in [0.29, 0.717) is 13.1 Å². The molecule has 20 heavy (non-hydrogen) atoms. The lowest BCUT2D eigenvalue weighted by atomic mass is 9.79. The zero-order valence-corrected chi connectivity index (χ0v) is 12.7. The summed E-state index contributed by atoms with van der Waals surface area (Å²) in [5.41, 5.74) is 7.95. The third-order valence-corrected chi connectivity index (χ3v) is 4.84. The molecular weight excluding hydrogens is 250 g/mol. The van der Waals surface area contributed by atoms with E-state index in [-0.39, 0.29) is 11.3 Å². The summed E-state index contributed by atoms with van der Waals surface area (Å²) in [5.74, 6) is 0.140. The normalized spacial score (nSPS) is 18.6. The van der Waals surface area contributed by atoms with Crippen LogP contribution in [0.4, 0.5) is 0 Å². The number of rotatable bonds is 4. The Kier molecular flexibility index (Phi) is 4.86. The van der Waals surface area contributed by atoms with Crippen LogP contribution >= 0.6 is 0 Å². The Balaban J connectivity index is 2.00. The standard InChI is InChI=1S/C16H27N3O/c1-13-7-8-14(19(13)2)11-18-15(20)16(12-17)9-5-3-4-6-10-16/h7-8H,3-6,9-12,17H2,1-2H3,(H,18,20). The van der Waals surface area contributed by atoms with Crippen molar-refractivity contribution >= 4 is 5.91 Å². The fourth-order valence-electron chi connectivity index (χ4n) is 3.13. The second kappa shape index (κ2) is 6.44. The van der Waals surface area contributed by atoms with Gasteiger partial charge < -0.3 is 15.6 Å². The van der Waals surface area contributed by atoms with Crippen molar-refractivity contribution in [3.8, 4) is 0 Å². The fourth-order valence-corrected chi connectivity index (χ4v) is 3.13. The highest BCUT2D eigenvalue weighted by molar-refractivity contribution is 5.82. The number of hydrogen-bond donors (Lipinski definition) is 2. The van der Waals surface area contributed by atoms with Gasteiger partial charge in [-0.05, 0) is 31.9 Å². The van der Waals surface area contributed by atoms with Crippen LogP contribution < -0.4 is 11.1 Å². The molecule has 1 amide bonds. The maximum absolute atomic E-state index is 12.6. The maximum atomic E-state index is 12.6. The zero-order valence-electron chi connectivity index (χ0n) is 12.7. The van der Waals surface area contributed by atoms with Crippen molar-refractivity contribution in [2.24, 2.45) is 18.2 Å². The summed E-state index contributed by atoms with van der Waals surface area (Å²) in [7, 11) is 2.03. The minimum atomic E-state index is -0.337. The Bertz CT molecular complexity index is 456. The molecule has 1 aromatic rings. The first-order chi connectivity index (χ1) is 9.59. The van der Waals surface area contributed by atoms with Gasteiger partial charge in [0, 0.05) is 25.0 Å². The molecule has 1 aliphatic carbocycles. The maximum Gasteiger partial charge on any atom is 0.227 e. The first-order valence-electron chi connectivity index (χ1n) is 7.69. The number of nitrogens with one attached hydrogen (secondary N) is 1. The lowest BCUT2D eigenvalue weighted by molar-refractivity contribution is -0.131. The Hall–Kier alpha value is -1.29. The molecule has 0 atom stereocenters. The molecule has 2 rings (SSSR count). The molecule has 0 saturated heterocycles. The quantitative estimate of drug-likeness (QED) is 0.829. The minimum absolute atomic E-state index is 0.140. The van der Waals surface area contributed by atoms with Gasteiger partial charge >= 0.3 is 0 Å². The van der Waals surface area contributed by atoms with Crippen molar-refractivity contribution in [1.82, 2.24) is 9.88 Å². The van der Waals surface area contributed by atoms with E-state index in [0.717, 1.165) is 31.4 Å². The van der Waals surface area contributed by atoms with E-state index in [1.165, 1.54) is 18.5 Å². The van der Waals surface area contributed by atoms with Gasteiger partial charge in [0.05, 0.1) is 12.0 Å². The minimum Gasteiger partial charge on any atom is -0.350 e. The molecule has 1 fully saturated rings. The fraction of sp³-hybridized carbons (Fsp3) is 0.688. The average molecular weight is 277 g/mol. The Morgan fingerprint density at radius 3 is 2.45 bits per heavy atom. The van der Waals surface area contributed by atoms with E-state index in [1.54, 1.807) is 0 Å². The molecule has 1 heterocycles.